The van der Waals surface area contributed by atoms with Gasteiger partial charge in [-0.2, -0.15) is 0 Å². The number of likely N-dealkylation sites (N-methyl/N-ethyl adjacent to an activating group) is 1. The van der Waals surface area contributed by atoms with Gasteiger partial charge in [0, 0.05) is 18.6 Å². The lowest BCUT2D eigenvalue weighted by Crippen LogP contribution is -2.54. The monoisotopic (exact) mass is 416 g/mol. The summed E-state index contributed by atoms with van der Waals surface area (Å²) in [5.41, 5.74) is 1.54. The van der Waals surface area contributed by atoms with Crippen LogP contribution in [0.25, 0.3) is 0 Å². The third kappa shape index (κ3) is 4.93. The lowest BCUT2D eigenvalue weighted by Gasteiger charge is -2.41. The van der Waals surface area contributed by atoms with E-state index in [2.05, 4.69) is 0 Å². The van der Waals surface area contributed by atoms with Crippen molar-refractivity contribution < 1.29 is 24.2 Å². The second-order valence-corrected chi connectivity index (χ2v) is 7.26. The molecule has 1 aliphatic rings. The van der Waals surface area contributed by atoms with Crippen molar-refractivity contribution in [1.82, 2.24) is 9.80 Å². The molecule has 2 aromatic carbocycles. The molecule has 0 spiro atoms. The van der Waals surface area contributed by atoms with E-state index in [-0.39, 0.29) is 19.1 Å². The fourth-order valence-corrected chi connectivity index (χ4v) is 3.59. The van der Waals surface area contributed by atoms with Crippen LogP contribution in [-0.4, -0.2) is 59.0 Å². The van der Waals surface area contributed by atoms with Crippen LogP contribution in [0.3, 0.4) is 0 Å². The van der Waals surface area contributed by atoms with Gasteiger partial charge in [0.1, 0.15) is 13.2 Å². The minimum Gasteiger partial charge on any atom is -0.480 e. The van der Waals surface area contributed by atoms with Gasteiger partial charge in [0.05, 0.1) is 6.04 Å². The zero-order valence-corrected chi connectivity index (χ0v) is 16.6. The first-order valence-corrected chi connectivity index (χ1v) is 9.42. The summed E-state index contributed by atoms with van der Waals surface area (Å²) >= 11 is 6.08. The Balaban J connectivity index is 1.97. The zero-order chi connectivity index (χ0) is 21.0. The number of morpholine rings is 1. The maximum Gasteiger partial charge on any atom is 0.323 e. The van der Waals surface area contributed by atoms with Gasteiger partial charge in [-0.25, -0.2) is 0 Å². The number of carboxylic acids is 1. The molecule has 0 aliphatic carbocycles. The van der Waals surface area contributed by atoms with E-state index in [1.807, 2.05) is 36.4 Å². The van der Waals surface area contributed by atoms with E-state index in [4.69, 9.17) is 21.4 Å². The van der Waals surface area contributed by atoms with Crippen LogP contribution in [0.15, 0.2) is 54.6 Å². The normalized spacial score (nSPS) is 19.1. The number of halogens is 1. The largest absolute Gasteiger partial charge is 0.480 e. The molecule has 2 atom stereocenters. The Kier molecular flexibility index (Phi) is 6.51. The molecule has 2 aromatic rings. The van der Waals surface area contributed by atoms with Crippen molar-refractivity contribution in [1.29, 1.82) is 0 Å². The molecule has 1 heterocycles. The van der Waals surface area contributed by atoms with Crippen LogP contribution in [0.5, 0.6) is 0 Å². The number of ether oxygens (including phenoxy) is 1. The first-order valence-electron chi connectivity index (χ1n) is 9.04. The maximum atomic E-state index is 13.0. The number of carboxylic acid groups (broad SMARTS) is 1. The molecule has 0 unspecified atom stereocenters. The van der Waals surface area contributed by atoms with E-state index < -0.39 is 30.6 Å². The van der Waals surface area contributed by atoms with E-state index in [9.17, 15) is 14.4 Å². The van der Waals surface area contributed by atoms with Crippen molar-refractivity contribution in [3.63, 3.8) is 0 Å². The summed E-state index contributed by atoms with van der Waals surface area (Å²) in [6.07, 6.45) is -1.02. The highest BCUT2D eigenvalue weighted by atomic mass is 35.5. The molecule has 0 aromatic heterocycles. The molecule has 1 fully saturated rings. The lowest BCUT2D eigenvalue weighted by molar-refractivity contribution is -0.171. The lowest BCUT2D eigenvalue weighted by atomic mass is 9.96. The van der Waals surface area contributed by atoms with Gasteiger partial charge >= 0.3 is 5.97 Å². The number of carbonyl (C=O) groups excluding carboxylic acids is 2. The fourth-order valence-electron chi connectivity index (χ4n) is 3.38. The number of aliphatic carboxylic acids is 1. The molecule has 7 nitrogen and oxygen atoms in total. The molecule has 2 amide bonds. The first kappa shape index (κ1) is 20.8. The van der Waals surface area contributed by atoms with Gasteiger partial charge in [0.2, 0.25) is 5.91 Å². The van der Waals surface area contributed by atoms with E-state index in [1.54, 1.807) is 23.1 Å². The molecular weight excluding hydrogens is 396 g/mol. The molecule has 1 aliphatic heterocycles. The van der Waals surface area contributed by atoms with E-state index in [0.717, 1.165) is 16.0 Å². The number of benzene rings is 2. The minimum absolute atomic E-state index is 0.245. The number of amides is 2. The third-order valence-corrected chi connectivity index (χ3v) is 4.94. The van der Waals surface area contributed by atoms with Crippen LogP contribution in [0.4, 0.5) is 0 Å². The Hall–Kier alpha value is -2.90. The van der Waals surface area contributed by atoms with E-state index in [0.29, 0.717) is 5.02 Å². The van der Waals surface area contributed by atoms with Gasteiger partial charge in [-0.3, -0.25) is 14.4 Å². The molecule has 1 N–H and O–H groups in total. The molecule has 29 heavy (non-hydrogen) atoms. The summed E-state index contributed by atoms with van der Waals surface area (Å²) in [6, 6.07) is 15.6. The van der Waals surface area contributed by atoms with E-state index in [1.165, 1.54) is 7.05 Å². The Morgan fingerprint density at radius 3 is 2.59 bits per heavy atom. The standard InChI is InChI=1S/C21H21ClN2O5/c1-23(12-18(26)27)21(28)20-19(15-7-3-2-4-8-15)24(17(25)13-29-20)11-14-6-5-9-16(22)10-14/h2-10,19-20H,11-13H2,1H3,(H,26,27)/t19-,20+/m1/s1. The molecule has 0 radical (unpaired) electrons. The molecule has 0 saturated carbocycles. The van der Waals surface area contributed by atoms with Crippen molar-refractivity contribution in [2.45, 2.75) is 18.7 Å². The predicted octanol–water partition coefficient (Wildman–Crippen LogP) is 2.35. The number of carbonyl (C=O) groups is 3. The molecular formula is C21H21ClN2O5. The summed E-state index contributed by atoms with van der Waals surface area (Å²) < 4.78 is 5.61. The van der Waals surface area contributed by atoms with Gasteiger partial charge in [0.15, 0.2) is 6.10 Å². The van der Waals surface area contributed by atoms with Gasteiger partial charge in [-0.1, -0.05) is 54.1 Å². The highest BCUT2D eigenvalue weighted by Crippen LogP contribution is 2.33. The topological polar surface area (TPSA) is 87.1 Å². The Morgan fingerprint density at radius 2 is 1.93 bits per heavy atom. The first-order chi connectivity index (χ1) is 13.9. The van der Waals surface area contributed by atoms with Gasteiger partial charge in [-0.15, -0.1) is 0 Å². The number of nitrogens with zero attached hydrogens (tertiary/aromatic N) is 2. The highest BCUT2D eigenvalue weighted by Gasteiger charge is 2.43. The zero-order valence-electron chi connectivity index (χ0n) is 15.8. The Morgan fingerprint density at radius 1 is 1.21 bits per heavy atom. The summed E-state index contributed by atoms with van der Waals surface area (Å²) in [4.78, 5) is 39.4. The maximum absolute atomic E-state index is 13.0. The summed E-state index contributed by atoms with van der Waals surface area (Å²) in [7, 11) is 1.40. The Labute approximate surface area is 173 Å². The molecule has 1 saturated heterocycles. The summed E-state index contributed by atoms with van der Waals surface area (Å²) in [5, 5.41) is 9.57. The highest BCUT2D eigenvalue weighted by molar-refractivity contribution is 6.30. The van der Waals surface area contributed by atoms with Crippen LogP contribution in [-0.2, 0) is 25.7 Å². The second-order valence-electron chi connectivity index (χ2n) is 6.83. The number of hydrogen-bond donors (Lipinski definition) is 1. The predicted molar refractivity (Wildman–Crippen MR) is 106 cm³/mol. The van der Waals surface area contributed by atoms with E-state index >= 15 is 0 Å². The van der Waals surface area contributed by atoms with Crippen molar-refractivity contribution >= 4 is 29.4 Å². The van der Waals surface area contributed by atoms with Crippen molar-refractivity contribution in [2.75, 3.05) is 20.2 Å². The van der Waals surface area contributed by atoms with Crippen LogP contribution in [0.1, 0.15) is 17.2 Å². The summed E-state index contributed by atoms with van der Waals surface area (Å²) in [5.74, 6) is -1.88. The van der Waals surface area contributed by atoms with Gasteiger partial charge in [0.25, 0.3) is 5.91 Å². The minimum atomic E-state index is -1.13. The molecule has 0 bridgehead atoms. The van der Waals surface area contributed by atoms with Crippen LogP contribution in [0, 0.1) is 0 Å². The van der Waals surface area contributed by atoms with Gasteiger partial charge in [-0.05, 0) is 23.3 Å². The SMILES string of the molecule is CN(CC(=O)O)C(=O)[C@H]1OCC(=O)N(Cc2cccc(Cl)c2)[C@@H]1c1ccccc1. The third-order valence-electron chi connectivity index (χ3n) is 4.70. The average Bonchev–Trinajstić information content (AvgIpc) is 2.69. The molecule has 8 heteroatoms. The Bertz CT molecular complexity index is 905. The van der Waals surface area contributed by atoms with Crippen molar-refractivity contribution in [2.24, 2.45) is 0 Å². The average molecular weight is 417 g/mol. The smallest absolute Gasteiger partial charge is 0.323 e. The number of rotatable bonds is 6. The van der Waals surface area contributed by atoms with Crippen molar-refractivity contribution in [3.05, 3.63) is 70.7 Å². The number of hydrogen-bond acceptors (Lipinski definition) is 4. The van der Waals surface area contributed by atoms with Crippen LogP contribution in [0.2, 0.25) is 5.02 Å². The fraction of sp³-hybridized carbons (Fsp3) is 0.286. The molecule has 3 rings (SSSR count). The van der Waals surface area contributed by atoms with Crippen molar-refractivity contribution in [3.8, 4) is 0 Å². The second kappa shape index (κ2) is 9.07. The van der Waals surface area contributed by atoms with Gasteiger partial charge < -0.3 is 19.6 Å². The van der Waals surface area contributed by atoms with Crippen LogP contribution >= 0.6 is 11.6 Å². The quantitative estimate of drug-likeness (QED) is 0.781. The summed E-state index contributed by atoms with van der Waals surface area (Å²) in [6.45, 7) is -0.474. The molecule has 152 valence electrons. The van der Waals surface area contributed by atoms with Crippen LogP contribution < -0.4 is 0 Å².